The number of carbonyl (C=O) groups is 1. The van der Waals surface area contributed by atoms with Gasteiger partial charge in [-0.05, 0) is 17.9 Å². The summed E-state index contributed by atoms with van der Waals surface area (Å²) >= 11 is 0. The van der Waals surface area contributed by atoms with Crippen molar-refractivity contribution in [1.29, 1.82) is 0 Å². The maximum Gasteiger partial charge on any atom is 0.256 e. The van der Waals surface area contributed by atoms with E-state index in [1.165, 1.54) is 0 Å². The van der Waals surface area contributed by atoms with E-state index in [1.807, 2.05) is 4.90 Å². The second-order valence-corrected chi connectivity index (χ2v) is 6.29. The van der Waals surface area contributed by atoms with Crippen LogP contribution in [-0.4, -0.2) is 30.7 Å². The van der Waals surface area contributed by atoms with E-state index in [4.69, 9.17) is 15.2 Å². The molecule has 1 aromatic carbocycles. The van der Waals surface area contributed by atoms with Gasteiger partial charge in [0.25, 0.3) is 5.91 Å². The number of hydrogen-bond donors (Lipinski definition) is 1. The van der Waals surface area contributed by atoms with Gasteiger partial charge in [-0.1, -0.05) is 27.7 Å². The third kappa shape index (κ3) is 3.60. The predicted octanol–water partition coefficient (Wildman–Crippen LogP) is 2.75. The molecule has 0 radical (unpaired) electrons. The fraction of sp³-hybridized carbons (Fsp3) is 0.562. The first-order chi connectivity index (χ1) is 9.88. The van der Waals surface area contributed by atoms with Crippen molar-refractivity contribution in [1.82, 2.24) is 4.90 Å². The van der Waals surface area contributed by atoms with Gasteiger partial charge in [0, 0.05) is 24.8 Å². The summed E-state index contributed by atoms with van der Waals surface area (Å²) in [4.78, 5) is 14.7. The maximum atomic E-state index is 12.8. The van der Waals surface area contributed by atoms with Gasteiger partial charge in [-0.2, -0.15) is 0 Å². The van der Waals surface area contributed by atoms with Crippen molar-refractivity contribution >= 4 is 11.6 Å². The van der Waals surface area contributed by atoms with E-state index in [9.17, 15) is 4.79 Å². The van der Waals surface area contributed by atoms with Gasteiger partial charge < -0.3 is 20.1 Å². The Bertz CT molecular complexity index is 516. The highest BCUT2D eigenvalue weighted by Crippen LogP contribution is 2.36. The van der Waals surface area contributed by atoms with E-state index in [1.54, 1.807) is 12.1 Å². The Morgan fingerprint density at radius 2 is 1.67 bits per heavy atom. The number of rotatable bonds is 5. The number of anilines is 1. The molecule has 1 aliphatic rings. The molecule has 0 unspecified atom stereocenters. The van der Waals surface area contributed by atoms with Crippen LogP contribution < -0.4 is 15.2 Å². The van der Waals surface area contributed by atoms with Crippen molar-refractivity contribution in [3.8, 4) is 11.5 Å². The molecule has 0 aromatic heterocycles. The number of nitrogens with zero attached hydrogens (tertiary/aromatic N) is 1. The highest BCUT2D eigenvalue weighted by molar-refractivity contribution is 6.00. The van der Waals surface area contributed by atoms with Crippen LogP contribution >= 0.6 is 0 Å². The van der Waals surface area contributed by atoms with Crippen LogP contribution in [0.1, 0.15) is 38.1 Å². The molecule has 5 nitrogen and oxygen atoms in total. The summed E-state index contributed by atoms with van der Waals surface area (Å²) in [6.07, 6.45) is 0. The number of benzene rings is 1. The zero-order valence-electron chi connectivity index (χ0n) is 13.2. The highest BCUT2D eigenvalue weighted by Gasteiger charge is 2.24. The van der Waals surface area contributed by atoms with Crippen LogP contribution in [0.3, 0.4) is 0 Å². The number of ether oxygens (including phenoxy) is 2. The van der Waals surface area contributed by atoms with Crippen molar-refractivity contribution in [3.63, 3.8) is 0 Å². The Balaban J connectivity index is 2.27. The first-order valence-corrected chi connectivity index (χ1v) is 7.37. The summed E-state index contributed by atoms with van der Waals surface area (Å²) in [5.41, 5.74) is 6.93. The highest BCUT2D eigenvalue weighted by atomic mass is 16.7. The van der Waals surface area contributed by atoms with Gasteiger partial charge in [0.1, 0.15) is 0 Å². The van der Waals surface area contributed by atoms with Gasteiger partial charge in [-0.3, -0.25) is 4.79 Å². The van der Waals surface area contributed by atoms with Gasteiger partial charge in [0.15, 0.2) is 11.5 Å². The lowest BCUT2D eigenvalue weighted by Gasteiger charge is -2.27. The average Bonchev–Trinajstić information content (AvgIpc) is 2.82. The lowest BCUT2D eigenvalue weighted by atomic mass is 10.1. The number of fused-ring (bicyclic) bond motifs is 1. The molecule has 116 valence electrons. The van der Waals surface area contributed by atoms with Gasteiger partial charge >= 0.3 is 0 Å². The van der Waals surface area contributed by atoms with Gasteiger partial charge in [0.2, 0.25) is 6.79 Å². The molecule has 21 heavy (non-hydrogen) atoms. The Kier molecular flexibility index (Phi) is 4.60. The van der Waals surface area contributed by atoms with Crippen LogP contribution in [0.5, 0.6) is 11.5 Å². The Morgan fingerprint density at radius 1 is 1.14 bits per heavy atom. The van der Waals surface area contributed by atoms with Gasteiger partial charge in [-0.15, -0.1) is 0 Å². The fourth-order valence-corrected chi connectivity index (χ4v) is 2.44. The molecule has 1 aliphatic heterocycles. The molecule has 0 fully saturated rings. The Morgan fingerprint density at radius 3 is 2.19 bits per heavy atom. The zero-order chi connectivity index (χ0) is 15.6. The molecule has 0 bridgehead atoms. The molecular weight excluding hydrogens is 268 g/mol. The van der Waals surface area contributed by atoms with E-state index in [0.717, 1.165) is 0 Å². The summed E-state index contributed by atoms with van der Waals surface area (Å²) in [7, 11) is 0. The first-order valence-electron chi connectivity index (χ1n) is 7.37. The molecule has 2 N–H and O–H groups in total. The monoisotopic (exact) mass is 292 g/mol. The van der Waals surface area contributed by atoms with Crippen LogP contribution in [0.2, 0.25) is 0 Å². The SMILES string of the molecule is CC(C)CN(CC(C)C)C(=O)c1cc2c(cc1N)OCO2. The van der Waals surface area contributed by atoms with Gasteiger partial charge in [-0.25, -0.2) is 0 Å². The van der Waals surface area contributed by atoms with Crippen molar-refractivity contribution < 1.29 is 14.3 Å². The van der Waals surface area contributed by atoms with E-state index >= 15 is 0 Å². The van der Waals surface area contributed by atoms with Gasteiger partial charge in [0.05, 0.1) is 5.56 Å². The Hall–Kier alpha value is -1.91. The third-order valence-electron chi connectivity index (χ3n) is 3.23. The maximum absolute atomic E-state index is 12.8. The van der Waals surface area contributed by atoms with Crippen LogP contribution in [0.25, 0.3) is 0 Å². The Labute approximate surface area is 126 Å². The number of carbonyl (C=O) groups excluding carboxylic acids is 1. The summed E-state index contributed by atoms with van der Waals surface area (Å²) in [5.74, 6) is 1.95. The number of nitrogens with two attached hydrogens (primary N) is 1. The molecule has 0 saturated heterocycles. The van der Waals surface area contributed by atoms with Crippen molar-refractivity contribution in [2.45, 2.75) is 27.7 Å². The van der Waals surface area contributed by atoms with Crippen LogP contribution in [-0.2, 0) is 0 Å². The summed E-state index contributed by atoms with van der Waals surface area (Å²) < 4.78 is 10.6. The number of amides is 1. The minimum absolute atomic E-state index is 0.0480. The molecule has 0 aliphatic carbocycles. The van der Waals surface area contributed by atoms with E-state index < -0.39 is 0 Å². The van der Waals surface area contributed by atoms with Crippen LogP contribution in [0.4, 0.5) is 5.69 Å². The molecule has 1 heterocycles. The standard InChI is InChI=1S/C16H24N2O3/c1-10(2)7-18(8-11(3)4)16(19)12-5-14-15(6-13(12)17)21-9-20-14/h5-6,10-11H,7-9,17H2,1-4H3. The van der Waals surface area contributed by atoms with E-state index in [-0.39, 0.29) is 12.7 Å². The second kappa shape index (κ2) is 6.24. The van der Waals surface area contributed by atoms with Crippen molar-refractivity contribution in [2.75, 3.05) is 25.6 Å². The fourth-order valence-electron chi connectivity index (χ4n) is 2.44. The molecule has 0 atom stereocenters. The summed E-state index contributed by atoms with van der Waals surface area (Å²) in [6.45, 7) is 10.0. The van der Waals surface area contributed by atoms with E-state index in [2.05, 4.69) is 27.7 Å². The molecule has 1 amide bonds. The molecular formula is C16H24N2O3. The lowest BCUT2D eigenvalue weighted by molar-refractivity contribution is 0.0716. The first kappa shape index (κ1) is 15.5. The topological polar surface area (TPSA) is 64.8 Å². The molecule has 1 aromatic rings. The normalized spacial score (nSPS) is 13.0. The number of hydrogen-bond acceptors (Lipinski definition) is 4. The zero-order valence-corrected chi connectivity index (χ0v) is 13.2. The lowest BCUT2D eigenvalue weighted by Crippen LogP contribution is -2.37. The smallest absolute Gasteiger partial charge is 0.256 e. The van der Waals surface area contributed by atoms with Crippen molar-refractivity contribution in [2.24, 2.45) is 11.8 Å². The minimum atomic E-state index is -0.0480. The van der Waals surface area contributed by atoms with Crippen LogP contribution in [0.15, 0.2) is 12.1 Å². The molecule has 0 spiro atoms. The number of nitrogen functional groups attached to an aromatic ring is 1. The molecule has 5 heteroatoms. The minimum Gasteiger partial charge on any atom is -0.454 e. The quantitative estimate of drug-likeness (QED) is 0.848. The summed E-state index contributed by atoms with van der Waals surface area (Å²) in [5, 5.41) is 0. The van der Waals surface area contributed by atoms with Crippen molar-refractivity contribution in [3.05, 3.63) is 17.7 Å². The van der Waals surface area contributed by atoms with E-state index in [0.29, 0.717) is 47.7 Å². The second-order valence-electron chi connectivity index (χ2n) is 6.29. The summed E-state index contributed by atoms with van der Waals surface area (Å²) in [6, 6.07) is 3.35. The average molecular weight is 292 g/mol. The molecule has 2 rings (SSSR count). The molecule has 0 saturated carbocycles. The third-order valence-corrected chi connectivity index (χ3v) is 3.23. The predicted molar refractivity (Wildman–Crippen MR) is 82.6 cm³/mol. The largest absolute Gasteiger partial charge is 0.454 e. The van der Waals surface area contributed by atoms with Crippen LogP contribution in [0, 0.1) is 11.8 Å².